The molecule has 1 unspecified atom stereocenters. The fourth-order valence-electron chi connectivity index (χ4n) is 1.36. The number of hydrogen-bond donors (Lipinski definition) is 1. The van der Waals surface area contributed by atoms with Crippen LogP contribution in [0.1, 0.15) is 12.8 Å². The molecule has 1 N–H and O–H groups in total. The van der Waals surface area contributed by atoms with Crippen LogP contribution in [0.5, 0.6) is 0 Å². The minimum Gasteiger partial charge on any atom is -0.375 e. The highest BCUT2D eigenvalue weighted by Gasteiger charge is 2.32. The maximum absolute atomic E-state index is 5.54. The molecule has 1 atom stereocenters. The Morgan fingerprint density at radius 2 is 2.10 bits per heavy atom. The topological polar surface area (TPSA) is 21.3 Å². The maximum Gasteiger partial charge on any atom is 0.0728 e. The van der Waals surface area contributed by atoms with Gasteiger partial charge in [0.25, 0.3) is 0 Å². The van der Waals surface area contributed by atoms with E-state index in [9.17, 15) is 0 Å². The summed E-state index contributed by atoms with van der Waals surface area (Å²) in [5.41, 5.74) is 0. The van der Waals surface area contributed by atoms with E-state index >= 15 is 0 Å². The number of rotatable bonds is 1. The lowest BCUT2D eigenvalue weighted by molar-refractivity contribution is 0.0149. The first-order valence-corrected chi connectivity index (χ1v) is 3.79. The molecule has 2 nitrogen and oxygen atoms in total. The Hall–Kier alpha value is 0.210. The molecule has 1 aliphatic carbocycles. The van der Waals surface area contributed by atoms with Crippen LogP contribution in [0, 0.1) is 5.92 Å². The highest BCUT2D eigenvalue weighted by molar-refractivity contribution is 5.85. The lowest BCUT2D eigenvalue weighted by Gasteiger charge is -2.22. The van der Waals surface area contributed by atoms with Gasteiger partial charge in [0.2, 0.25) is 0 Å². The van der Waals surface area contributed by atoms with E-state index in [1.807, 2.05) is 0 Å². The first-order valence-electron chi connectivity index (χ1n) is 3.79. The summed E-state index contributed by atoms with van der Waals surface area (Å²) in [6, 6.07) is 0. The summed E-state index contributed by atoms with van der Waals surface area (Å²) in [5.74, 6) is 0.901. The standard InChI is InChI=1S/C7H13NO.ClH/c1-2-6(1)7-5-8-3-4-9-7;/h6-8H,1-5H2;1H. The summed E-state index contributed by atoms with van der Waals surface area (Å²) in [6.45, 7) is 3.05. The SMILES string of the molecule is C1COC(C2CC2)CN1.Cl. The van der Waals surface area contributed by atoms with Crippen LogP contribution in [0.4, 0.5) is 0 Å². The monoisotopic (exact) mass is 163 g/mol. The number of hydrogen-bond acceptors (Lipinski definition) is 2. The lowest BCUT2D eigenvalue weighted by Crippen LogP contribution is -2.39. The summed E-state index contributed by atoms with van der Waals surface area (Å²) in [6.07, 6.45) is 3.34. The average molecular weight is 164 g/mol. The van der Waals surface area contributed by atoms with E-state index in [1.54, 1.807) is 0 Å². The molecule has 2 rings (SSSR count). The third-order valence-corrected chi connectivity index (χ3v) is 2.10. The zero-order valence-corrected chi connectivity index (χ0v) is 6.82. The fraction of sp³-hybridized carbons (Fsp3) is 1.00. The van der Waals surface area contributed by atoms with Crippen molar-refractivity contribution in [2.45, 2.75) is 18.9 Å². The molecular formula is C7H14ClNO. The number of ether oxygens (including phenoxy) is 1. The maximum atomic E-state index is 5.54. The molecular weight excluding hydrogens is 150 g/mol. The number of nitrogens with one attached hydrogen (secondary N) is 1. The van der Waals surface area contributed by atoms with E-state index in [0.717, 1.165) is 25.6 Å². The molecule has 0 aromatic rings. The minimum atomic E-state index is 0. The summed E-state index contributed by atoms with van der Waals surface area (Å²) < 4.78 is 5.54. The summed E-state index contributed by atoms with van der Waals surface area (Å²) >= 11 is 0. The quantitative estimate of drug-likeness (QED) is 0.618. The van der Waals surface area contributed by atoms with Crippen LogP contribution in [0.25, 0.3) is 0 Å². The first kappa shape index (κ1) is 8.31. The fourth-order valence-corrected chi connectivity index (χ4v) is 1.36. The van der Waals surface area contributed by atoms with Crippen molar-refractivity contribution < 1.29 is 4.74 Å². The molecule has 0 aromatic heterocycles. The van der Waals surface area contributed by atoms with E-state index in [4.69, 9.17) is 4.74 Å². The van der Waals surface area contributed by atoms with Gasteiger partial charge in [-0.1, -0.05) is 0 Å². The molecule has 2 fully saturated rings. The van der Waals surface area contributed by atoms with Crippen molar-refractivity contribution >= 4 is 12.4 Å². The number of morpholine rings is 1. The van der Waals surface area contributed by atoms with E-state index in [-0.39, 0.29) is 12.4 Å². The molecule has 0 amide bonds. The van der Waals surface area contributed by atoms with Gasteiger partial charge in [0.15, 0.2) is 0 Å². The first-order chi connectivity index (χ1) is 4.47. The van der Waals surface area contributed by atoms with Crippen LogP contribution >= 0.6 is 12.4 Å². The molecule has 0 aromatic carbocycles. The van der Waals surface area contributed by atoms with Gasteiger partial charge in [0.05, 0.1) is 12.7 Å². The van der Waals surface area contributed by atoms with Gasteiger partial charge in [-0.3, -0.25) is 0 Å². The molecule has 1 saturated heterocycles. The molecule has 2 aliphatic rings. The van der Waals surface area contributed by atoms with Crippen LogP contribution in [-0.4, -0.2) is 25.8 Å². The Balaban J connectivity index is 0.000000500. The van der Waals surface area contributed by atoms with Crippen molar-refractivity contribution in [2.75, 3.05) is 19.7 Å². The molecule has 1 saturated carbocycles. The molecule has 1 heterocycles. The van der Waals surface area contributed by atoms with Crippen LogP contribution in [0.15, 0.2) is 0 Å². The van der Waals surface area contributed by atoms with Gasteiger partial charge in [0.1, 0.15) is 0 Å². The van der Waals surface area contributed by atoms with Crippen molar-refractivity contribution in [3.63, 3.8) is 0 Å². The highest BCUT2D eigenvalue weighted by atomic mass is 35.5. The van der Waals surface area contributed by atoms with Crippen LogP contribution in [0.2, 0.25) is 0 Å². The second-order valence-electron chi connectivity index (χ2n) is 2.95. The molecule has 1 aliphatic heterocycles. The lowest BCUT2D eigenvalue weighted by atomic mass is 10.2. The third-order valence-electron chi connectivity index (χ3n) is 2.10. The second-order valence-corrected chi connectivity index (χ2v) is 2.95. The van der Waals surface area contributed by atoms with Gasteiger partial charge < -0.3 is 10.1 Å². The zero-order valence-electron chi connectivity index (χ0n) is 6.01. The third kappa shape index (κ3) is 1.84. The van der Waals surface area contributed by atoms with Crippen LogP contribution in [-0.2, 0) is 4.74 Å². The normalized spacial score (nSPS) is 33.0. The van der Waals surface area contributed by atoms with Gasteiger partial charge in [-0.15, -0.1) is 12.4 Å². The van der Waals surface area contributed by atoms with Gasteiger partial charge in [-0.2, -0.15) is 0 Å². The Kier molecular flexibility index (Phi) is 2.96. The van der Waals surface area contributed by atoms with Crippen molar-refractivity contribution in [1.29, 1.82) is 0 Å². The highest BCUT2D eigenvalue weighted by Crippen LogP contribution is 2.34. The predicted molar refractivity (Wildman–Crippen MR) is 42.6 cm³/mol. The Labute approximate surface area is 67.7 Å². The van der Waals surface area contributed by atoms with Gasteiger partial charge >= 0.3 is 0 Å². The Bertz CT molecular complexity index is 99.8. The van der Waals surface area contributed by atoms with E-state index in [2.05, 4.69) is 5.32 Å². The summed E-state index contributed by atoms with van der Waals surface area (Å²) in [5, 5.41) is 3.33. The van der Waals surface area contributed by atoms with E-state index in [1.165, 1.54) is 12.8 Å². The van der Waals surface area contributed by atoms with Gasteiger partial charge in [-0.25, -0.2) is 0 Å². The molecule has 0 bridgehead atoms. The predicted octanol–water partition coefficient (Wildman–Crippen LogP) is 0.807. The largest absolute Gasteiger partial charge is 0.375 e. The van der Waals surface area contributed by atoms with Crippen LogP contribution in [0.3, 0.4) is 0 Å². The van der Waals surface area contributed by atoms with Crippen LogP contribution < -0.4 is 5.32 Å². The number of halogens is 1. The molecule has 0 spiro atoms. The van der Waals surface area contributed by atoms with Crippen molar-refractivity contribution in [3.05, 3.63) is 0 Å². The molecule has 0 radical (unpaired) electrons. The van der Waals surface area contributed by atoms with Gasteiger partial charge in [-0.05, 0) is 18.8 Å². The molecule has 60 valence electrons. The molecule has 10 heavy (non-hydrogen) atoms. The zero-order chi connectivity index (χ0) is 6.10. The molecule has 3 heteroatoms. The minimum absolute atomic E-state index is 0. The van der Waals surface area contributed by atoms with E-state index in [0.29, 0.717) is 6.10 Å². The van der Waals surface area contributed by atoms with Crippen molar-refractivity contribution in [2.24, 2.45) is 5.92 Å². The smallest absolute Gasteiger partial charge is 0.0728 e. The summed E-state index contributed by atoms with van der Waals surface area (Å²) in [4.78, 5) is 0. The average Bonchev–Trinajstić information content (AvgIpc) is 2.71. The van der Waals surface area contributed by atoms with E-state index < -0.39 is 0 Å². The van der Waals surface area contributed by atoms with Crippen molar-refractivity contribution in [3.8, 4) is 0 Å². The second kappa shape index (κ2) is 3.56. The van der Waals surface area contributed by atoms with Crippen molar-refractivity contribution in [1.82, 2.24) is 5.32 Å². The Morgan fingerprint density at radius 3 is 2.60 bits per heavy atom. The Morgan fingerprint density at radius 1 is 1.30 bits per heavy atom. The van der Waals surface area contributed by atoms with Gasteiger partial charge in [0, 0.05) is 13.1 Å². The summed E-state index contributed by atoms with van der Waals surface area (Å²) in [7, 11) is 0.